The highest BCUT2D eigenvalue weighted by atomic mass is 32.2. The monoisotopic (exact) mass is 299 g/mol. The molecule has 98 valence electrons. The predicted octanol–water partition coefficient (Wildman–Crippen LogP) is 1.87. The molecule has 1 aromatic carbocycles. The number of benzene rings is 1. The third-order valence-corrected chi connectivity index (χ3v) is 3.72. The van der Waals surface area contributed by atoms with Crippen molar-refractivity contribution in [2.24, 2.45) is 0 Å². The zero-order valence-corrected chi connectivity index (χ0v) is 10.8. The molecule has 8 nitrogen and oxygen atoms in total. The number of hydrogen-bond donors (Lipinski definition) is 0. The molecule has 1 heterocycles. The summed E-state index contributed by atoms with van der Waals surface area (Å²) in [5.41, 5.74) is -0.983. The minimum atomic E-state index is -0.777. The molecule has 1 aliphatic rings. The van der Waals surface area contributed by atoms with Crippen molar-refractivity contribution < 1.29 is 14.6 Å². The Morgan fingerprint density at radius 3 is 2.42 bits per heavy atom. The summed E-state index contributed by atoms with van der Waals surface area (Å²) in [5, 5.41) is 21.6. The number of carbonyl (C=O) groups excluding carboxylic acids is 1. The van der Waals surface area contributed by atoms with E-state index in [0.717, 1.165) is 34.9 Å². The fourth-order valence-electron chi connectivity index (χ4n) is 1.55. The number of thioether (sulfide) groups is 1. The number of nitro groups is 2. The highest BCUT2D eigenvalue weighted by molar-refractivity contribution is 8.24. The van der Waals surface area contributed by atoms with Gasteiger partial charge < -0.3 is 0 Å². The maximum absolute atomic E-state index is 11.6. The Hall–Kier alpha value is -2.07. The number of anilines is 1. The van der Waals surface area contributed by atoms with Crippen molar-refractivity contribution in [2.45, 2.75) is 0 Å². The van der Waals surface area contributed by atoms with Crippen molar-refractivity contribution >= 4 is 51.3 Å². The molecular weight excluding hydrogens is 294 g/mol. The highest BCUT2D eigenvalue weighted by Gasteiger charge is 2.34. The summed E-state index contributed by atoms with van der Waals surface area (Å²) in [7, 11) is 0. The third-order valence-electron chi connectivity index (χ3n) is 2.36. The molecule has 10 heteroatoms. The van der Waals surface area contributed by atoms with Crippen LogP contribution in [0.2, 0.25) is 0 Å². The highest BCUT2D eigenvalue weighted by Crippen LogP contribution is 2.36. The van der Waals surface area contributed by atoms with E-state index in [1.807, 2.05) is 0 Å². The zero-order valence-electron chi connectivity index (χ0n) is 9.14. The normalized spacial score (nSPS) is 14.8. The summed E-state index contributed by atoms with van der Waals surface area (Å²) in [5.74, 6) is -0.278. The lowest BCUT2D eigenvalue weighted by molar-refractivity contribution is -0.393. The van der Waals surface area contributed by atoms with Crippen LogP contribution in [0.15, 0.2) is 18.2 Å². The molecule has 0 atom stereocenters. The molecule has 0 unspecified atom stereocenters. The minimum absolute atomic E-state index is 0.0457. The Balaban J connectivity index is 2.57. The van der Waals surface area contributed by atoms with E-state index in [0.29, 0.717) is 0 Å². The Morgan fingerprint density at radius 1 is 1.26 bits per heavy atom. The first-order chi connectivity index (χ1) is 8.91. The van der Waals surface area contributed by atoms with Crippen molar-refractivity contribution in [1.82, 2.24) is 0 Å². The molecule has 1 aliphatic heterocycles. The second-order valence-electron chi connectivity index (χ2n) is 3.47. The summed E-state index contributed by atoms with van der Waals surface area (Å²) >= 11 is 6.03. The topological polar surface area (TPSA) is 107 Å². The summed E-state index contributed by atoms with van der Waals surface area (Å²) in [4.78, 5) is 32.7. The molecule has 0 N–H and O–H groups in total. The molecule has 0 aromatic heterocycles. The van der Waals surface area contributed by atoms with Gasteiger partial charge in [-0.3, -0.25) is 29.9 Å². The Morgan fingerprint density at radius 2 is 1.95 bits per heavy atom. The van der Waals surface area contributed by atoms with Crippen molar-refractivity contribution in [3.63, 3.8) is 0 Å². The van der Waals surface area contributed by atoms with Crippen LogP contribution in [0.4, 0.5) is 17.1 Å². The van der Waals surface area contributed by atoms with Gasteiger partial charge in [0.25, 0.3) is 11.4 Å². The molecule has 1 fully saturated rings. The van der Waals surface area contributed by atoms with Gasteiger partial charge in [-0.2, -0.15) is 0 Å². The first-order valence-corrected chi connectivity index (χ1v) is 6.23. The van der Waals surface area contributed by atoms with Gasteiger partial charge in [-0.15, -0.1) is 0 Å². The summed E-state index contributed by atoms with van der Waals surface area (Å²) in [6.07, 6.45) is 0. The summed E-state index contributed by atoms with van der Waals surface area (Å²) in [6.45, 7) is 0. The smallest absolute Gasteiger partial charge is 0.273 e. The van der Waals surface area contributed by atoms with Crippen LogP contribution < -0.4 is 4.90 Å². The maximum Gasteiger partial charge on any atom is 0.300 e. The molecular formula is C9H5N3O5S2. The van der Waals surface area contributed by atoms with E-state index in [2.05, 4.69) is 0 Å². The lowest BCUT2D eigenvalue weighted by Gasteiger charge is -2.14. The number of non-ortho nitro benzene ring substituents is 1. The average molecular weight is 299 g/mol. The number of hydrogen-bond acceptors (Lipinski definition) is 7. The van der Waals surface area contributed by atoms with Crippen LogP contribution in [0.25, 0.3) is 0 Å². The zero-order chi connectivity index (χ0) is 14.2. The van der Waals surface area contributed by atoms with E-state index >= 15 is 0 Å². The molecule has 0 spiro atoms. The lowest BCUT2D eigenvalue weighted by atomic mass is 10.2. The van der Waals surface area contributed by atoms with Gasteiger partial charge >= 0.3 is 0 Å². The molecule has 1 aromatic rings. The SMILES string of the molecule is O=C1CSC(=S)N1c1ccc([N+](=O)[O-])cc1[N+](=O)[O-]. The lowest BCUT2D eigenvalue weighted by Crippen LogP contribution is -2.28. The van der Waals surface area contributed by atoms with E-state index in [9.17, 15) is 25.0 Å². The molecule has 2 rings (SSSR count). The number of nitro benzene ring substituents is 2. The predicted molar refractivity (Wildman–Crippen MR) is 72.3 cm³/mol. The fraction of sp³-hybridized carbons (Fsp3) is 0.111. The quantitative estimate of drug-likeness (QED) is 0.476. The van der Waals surface area contributed by atoms with Crippen molar-refractivity contribution in [3.8, 4) is 0 Å². The van der Waals surface area contributed by atoms with E-state index < -0.39 is 21.2 Å². The molecule has 0 radical (unpaired) electrons. The number of amides is 1. The van der Waals surface area contributed by atoms with Crippen LogP contribution in [0, 0.1) is 20.2 Å². The van der Waals surface area contributed by atoms with Gasteiger partial charge in [0.15, 0.2) is 0 Å². The first kappa shape index (κ1) is 13.4. The number of rotatable bonds is 3. The fourth-order valence-corrected chi connectivity index (χ4v) is 2.63. The van der Waals surface area contributed by atoms with E-state index in [1.165, 1.54) is 0 Å². The van der Waals surface area contributed by atoms with E-state index in [-0.39, 0.29) is 21.7 Å². The van der Waals surface area contributed by atoms with Crippen LogP contribution in [0.5, 0.6) is 0 Å². The van der Waals surface area contributed by atoms with Crippen LogP contribution in [0.1, 0.15) is 0 Å². The average Bonchev–Trinajstić information content (AvgIpc) is 2.68. The van der Waals surface area contributed by atoms with Gasteiger partial charge in [0.2, 0.25) is 5.91 Å². The van der Waals surface area contributed by atoms with Crippen molar-refractivity contribution in [3.05, 3.63) is 38.4 Å². The van der Waals surface area contributed by atoms with Gasteiger partial charge in [-0.1, -0.05) is 24.0 Å². The van der Waals surface area contributed by atoms with Crippen LogP contribution in [-0.2, 0) is 4.79 Å². The largest absolute Gasteiger partial charge is 0.300 e. The van der Waals surface area contributed by atoms with Crippen LogP contribution in [-0.4, -0.2) is 25.8 Å². The Kier molecular flexibility index (Phi) is 3.44. The molecule has 0 saturated carbocycles. The molecule has 0 aliphatic carbocycles. The molecule has 19 heavy (non-hydrogen) atoms. The van der Waals surface area contributed by atoms with Crippen LogP contribution in [0.3, 0.4) is 0 Å². The van der Waals surface area contributed by atoms with Crippen LogP contribution >= 0.6 is 24.0 Å². The number of thiocarbonyl (C=S) groups is 1. The second-order valence-corrected chi connectivity index (χ2v) is 5.08. The van der Waals surface area contributed by atoms with Crippen molar-refractivity contribution in [1.29, 1.82) is 0 Å². The summed E-state index contributed by atoms with van der Waals surface area (Å²) < 4.78 is 0.196. The van der Waals surface area contributed by atoms with Crippen molar-refractivity contribution in [2.75, 3.05) is 10.7 Å². The van der Waals surface area contributed by atoms with Gasteiger partial charge in [0.05, 0.1) is 21.7 Å². The molecule has 0 bridgehead atoms. The first-order valence-electron chi connectivity index (χ1n) is 4.84. The minimum Gasteiger partial charge on any atom is -0.273 e. The standard InChI is InChI=1S/C9H5N3O5S2/c13-8-4-19-9(18)10(8)6-2-1-5(11(14)15)3-7(6)12(16)17/h1-3H,4H2. The van der Waals surface area contributed by atoms with Gasteiger partial charge in [-0.05, 0) is 6.07 Å². The number of nitrogens with zero attached hydrogens (tertiary/aromatic N) is 3. The van der Waals surface area contributed by atoms with Gasteiger partial charge in [0, 0.05) is 6.07 Å². The molecule has 1 amide bonds. The Labute approximate surface area is 115 Å². The maximum atomic E-state index is 11.6. The van der Waals surface area contributed by atoms with Gasteiger partial charge in [0.1, 0.15) is 10.0 Å². The molecule has 1 saturated heterocycles. The second kappa shape index (κ2) is 4.90. The van der Waals surface area contributed by atoms with E-state index in [1.54, 1.807) is 0 Å². The third kappa shape index (κ3) is 2.39. The van der Waals surface area contributed by atoms with E-state index in [4.69, 9.17) is 12.2 Å². The Bertz CT molecular complexity index is 602. The number of carbonyl (C=O) groups is 1. The summed E-state index contributed by atoms with van der Waals surface area (Å²) in [6, 6.07) is 3.07. The van der Waals surface area contributed by atoms with Gasteiger partial charge in [-0.25, -0.2) is 0 Å².